The summed E-state index contributed by atoms with van der Waals surface area (Å²) in [4.78, 5) is 14.4. The van der Waals surface area contributed by atoms with Gasteiger partial charge in [0.1, 0.15) is 5.75 Å². The molecule has 1 saturated carbocycles. The molecule has 0 spiro atoms. The second-order valence-corrected chi connectivity index (χ2v) is 5.21. The van der Waals surface area contributed by atoms with Crippen molar-refractivity contribution >= 4 is 5.91 Å². The van der Waals surface area contributed by atoms with Crippen LogP contribution >= 0.6 is 0 Å². The Bertz CT molecular complexity index is 422. The molecule has 3 N–H and O–H groups in total. The number of nitrogens with two attached hydrogens (primary N) is 1. The number of carbonyl (C=O) groups excluding carboxylic acids is 1. The number of nitrogens with zero attached hydrogens (tertiary/aromatic N) is 1. The van der Waals surface area contributed by atoms with Crippen LogP contribution in [0.25, 0.3) is 0 Å². The Kier molecular flexibility index (Phi) is 4.43. The van der Waals surface area contributed by atoms with Crippen LogP contribution in [0.5, 0.6) is 5.75 Å². The monoisotopic (exact) mass is 262 g/mol. The zero-order valence-electron chi connectivity index (χ0n) is 11.4. The van der Waals surface area contributed by atoms with Crippen molar-refractivity contribution in [3.8, 4) is 5.75 Å². The van der Waals surface area contributed by atoms with Crippen LogP contribution in [0.1, 0.15) is 43.0 Å². The van der Waals surface area contributed by atoms with E-state index in [4.69, 9.17) is 5.73 Å². The van der Waals surface area contributed by atoms with Crippen molar-refractivity contribution in [1.82, 2.24) is 4.90 Å². The first-order valence-corrected chi connectivity index (χ1v) is 6.97. The summed E-state index contributed by atoms with van der Waals surface area (Å²) in [5.74, 6) is 0.228. The third-order valence-electron chi connectivity index (χ3n) is 3.90. The Labute approximate surface area is 114 Å². The van der Waals surface area contributed by atoms with Crippen molar-refractivity contribution in [2.45, 2.75) is 44.7 Å². The third-order valence-corrected chi connectivity index (χ3v) is 3.90. The Morgan fingerprint density at radius 2 is 1.84 bits per heavy atom. The Balaban J connectivity index is 2.08. The highest BCUT2D eigenvalue weighted by Crippen LogP contribution is 2.24. The van der Waals surface area contributed by atoms with Gasteiger partial charge in [0.25, 0.3) is 5.91 Å². The summed E-state index contributed by atoms with van der Waals surface area (Å²) in [5, 5.41) is 9.27. The minimum atomic E-state index is 0.0444. The third kappa shape index (κ3) is 3.26. The van der Waals surface area contributed by atoms with Crippen LogP contribution in [0.2, 0.25) is 0 Å². The van der Waals surface area contributed by atoms with E-state index >= 15 is 0 Å². The maximum atomic E-state index is 12.5. The Morgan fingerprint density at radius 3 is 2.37 bits per heavy atom. The molecule has 1 fully saturated rings. The zero-order chi connectivity index (χ0) is 13.8. The van der Waals surface area contributed by atoms with E-state index in [1.54, 1.807) is 24.3 Å². The molecule has 0 atom stereocenters. The number of hydrogen-bond donors (Lipinski definition) is 2. The molecule has 0 radical (unpaired) electrons. The number of aromatic hydroxyl groups is 1. The largest absolute Gasteiger partial charge is 0.508 e. The fourth-order valence-electron chi connectivity index (χ4n) is 2.75. The van der Waals surface area contributed by atoms with Crippen molar-refractivity contribution in [3.63, 3.8) is 0 Å². The molecule has 0 bridgehead atoms. The molecule has 1 aromatic rings. The van der Waals surface area contributed by atoms with Gasteiger partial charge in [-0.25, -0.2) is 0 Å². The molecule has 1 aliphatic carbocycles. The molecule has 1 aromatic carbocycles. The molecule has 1 amide bonds. The quantitative estimate of drug-likeness (QED) is 0.877. The van der Waals surface area contributed by atoms with Gasteiger partial charge in [0.2, 0.25) is 0 Å². The normalized spacial score (nSPS) is 23.1. The molecular formula is C15H22N2O2. The summed E-state index contributed by atoms with van der Waals surface area (Å²) in [6, 6.07) is 7.05. The Hall–Kier alpha value is -1.55. The van der Waals surface area contributed by atoms with Crippen LogP contribution < -0.4 is 5.73 Å². The van der Waals surface area contributed by atoms with E-state index in [2.05, 4.69) is 0 Å². The van der Waals surface area contributed by atoms with Gasteiger partial charge in [0.05, 0.1) is 0 Å². The van der Waals surface area contributed by atoms with Crippen molar-refractivity contribution < 1.29 is 9.90 Å². The van der Waals surface area contributed by atoms with Crippen molar-refractivity contribution in [3.05, 3.63) is 29.8 Å². The number of rotatable bonds is 3. The summed E-state index contributed by atoms with van der Waals surface area (Å²) in [6.07, 6.45) is 3.95. The highest BCUT2D eigenvalue weighted by atomic mass is 16.3. The summed E-state index contributed by atoms with van der Waals surface area (Å²) in [7, 11) is 0. The first kappa shape index (κ1) is 13.9. The van der Waals surface area contributed by atoms with Gasteiger partial charge in [-0.05, 0) is 56.9 Å². The van der Waals surface area contributed by atoms with Crippen molar-refractivity contribution in [1.29, 1.82) is 0 Å². The van der Waals surface area contributed by atoms with Crippen LogP contribution in [-0.2, 0) is 0 Å². The topological polar surface area (TPSA) is 66.6 Å². The number of amides is 1. The maximum Gasteiger partial charge on any atom is 0.254 e. The lowest BCUT2D eigenvalue weighted by Crippen LogP contribution is -2.44. The van der Waals surface area contributed by atoms with Gasteiger partial charge in [0.15, 0.2) is 0 Å². The first-order chi connectivity index (χ1) is 9.11. The van der Waals surface area contributed by atoms with Crippen LogP contribution in [0.4, 0.5) is 0 Å². The zero-order valence-corrected chi connectivity index (χ0v) is 11.4. The summed E-state index contributed by atoms with van der Waals surface area (Å²) in [5.41, 5.74) is 6.55. The first-order valence-electron chi connectivity index (χ1n) is 6.97. The number of phenols is 1. The number of phenolic OH excluding ortho intramolecular Hbond substituents is 1. The van der Waals surface area contributed by atoms with E-state index in [0.717, 1.165) is 25.7 Å². The predicted molar refractivity (Wildman–Crippen MR) is 75.0 cm³/mol. The minimum absolute atomic E-state index is 0.0444. The number of benzene rings is 1. The highest BCUT2D eigenvalue weighted by molar-refractivity contribution is 5.94. The van der Waals surface area contributed by atoms with Gasteiger partial charge in [-0.3, -0.25) is 4.79 Å². The molecule has 19 heavy (non-hydrogen) atoms. The highest BCUT2D eigenvalue weighted by Gasteiger charge is 2.27. The molecule has 0 aromatic heterocycles. The molecule has 0 aliphatic heterocycles. The van der Waals surface area contributed by atoms with E-state index in [-0.39, 0.29) is 11.7 Å². The molecule has 104 valence electrons. The second-order valence-electron chi connectivity index (χ2n) is 5.21. The van der Waals surface area contributed by atoms with E-state index in [9.17, 15) is 9.90 Å². The van der Waals surface area contributed by atoms with Gasteiger partial charge in [-0.1, -0.05) is 0 Å². The lowest BCUT2D eigenvalue weighted by atomic mass is 9.90. The molecule has 0 unspecified atom stereocenters. The molecule has 4 heteroatoms. The summed E-state index contributed by atoms with van der Waals surface area (Å²) < 4.78 is 0. The fourth-order valence-corrected chi connectivity index (χ4v) is 2.75. The van der Waals surface area contributed by atoms with E-state index in [1.165, 1.54) is 0 Å². The average molecular weight is 262 g/mol. The van der Waals surface area contributed by atoms with Crippen LogP contribution in [0.15, 0.2) is 24.3 Å². The Morgan fingerprint density at radius 1 is 1.26 bits per heavy atom. The number of hydrogen-bond acceptors (Lipinski definition) is 3. The minimum Gasteiger partial charge on any atom is -0.508 e. The van der Waals surface area contributed by atoms with Gasteiger partial charge >= 0.3 is 0 Å². The van der Waals surface area contributed by atoms with E-state index < -0.39 is 0 Å². The van der Waals surface area contributed by atoms with Crippen molar-refractivity contribution in [2.24, 2.45) is 5.73 Å². The molecule has 2 rings (SSSR count). The van der Waals surface area contributed by atoms with Gasteiger partial charge in [0, 0.05) is 24.2 Å². The summed E-state index contributed by atoms with van der Waals surface area (Å²) >= 11 is 0. The van der Waals surface area contributed by atoms with Crippen molar-refractivity contribution in [2.75, 3.05) is 6.54 Å². The van der Waals surface area contributed by atoms with Crippen LogP contribution in [0, 0.1) is 0 Å². The predicted octanol–water partition coefficient (Wildman–Crippen LogP) is 2.12. The van der Waals surface area contributed by atoms with Gasteiger partial charge in [-0.2, -0.15) is 0 Å². The summed E-state index contributed by atoms with van der Waals surface area (Å²) in [6.45, 7) is 2.71. The second kappa shape index (κ2) is 6.06. The molecule has 0 saturated heterocycles. The van der Waals surface area contributed by atoms with Gasteiger partial charge < -0.3 is 15.7 Å². The van der Waals surface area contributed by atoms with E-state index in [1.807, 2.05) is 11.8 Å². The standard InChI is InChI=1S/C15H22N2O2/c1-2-17(13-7-5-12(16)6-8-13)15(19)11-3-9-14(18)10-4-11/h3-4,9-10,12-13,18H,2,5-8,16H2,1H3. The van der Waals surface area contributed by atoms with E-state index in [0.29, 0.717) is 24.2 Å². The number of carbonyl (C=O) groups is 1. The average Bonchev–Trinajstić information content (AvgIpc) is 2.42. The lowest BCUT2D eigenvalue weighted by Gasteiger charge is -2.35. The molecule has 4 nitrogen and oxygen atoms in total. The molecule has 0 heterocycles. The molecule has 1 aliphatic rings. The lowest BCUT2D eigenvalue weighted by molar-refractivity contribution is 0.0640. The SMILES string of the molecule is CCN(C(=O)c1ccc(O)cc1)C1CCC(N)CC1. The van der Waals surface area contributed by atoms with Crippen LogP contribution in [-0.4, -0.2) is 34.5 Å². The maximum absolute atomic E-state index is 12.5. The van der Waals surface area contributed by atoms with Crippen LogP contribution in [0.3, 0.4) is 0 Å². The fraction of sp³-hybridized carbons (Fsp3) is 0.533. The van der Waals surface area contributed by atoms with Gasteiger partial charge in [-0.15, -0.1) is 0 Å². The smallest absolute Gasteiger partial charge is 0.254 e. The molecular weight excluding hydrogens is 240 g/mol.